The van der Waals surface area contributed by atoms with Crippen molar-refractivity contribution in [2.45, 2.75) is 26.8 Å². The van der Waals surface area contributed by atoms with Gasteiger partial charge in [-0.05, 0) is 67.8 Å². The number of aryl methyl sites for hydroxylation is 1. The molecule has 0 atom stereocenters. The van der Waals surface area contributed by atoms with E-state index in [9.17, 15) is 9.59 Å². The first kappa shape index (κ1) is 24.7. The topological polar surface area (TPSA) is 98.1 Å². The molecule has 0 spiro atoms. The first-order valence-electron chi connectivity index (χ1n) is 11.7. The number of amides is 2. The maximum atomic E-state index is 12.9. The minimum Gasteiger partial charge on any atom is -0.457 e. The van der Waals surface area contributed by atoms with Crippen LogP contribution in [0.4, 0.5) is 0 Å². The minimum absolute atomic E-state index is 0.0880. The molecule has 2 N–H and O–H groups in total. The summed E-state index contributed by atoms with van der Waals surface area (Å²) in [5.74, 6) is 0.807. The highest BCUT2D eigenvalue weighted by molar-refractivity contribution is 5.95. The first-order chi connectivity index (χ1) is 17.4. The van der Waals surface area contributed by atoms with Crippen LogP contribution in [0.3, 0.4) is 0 Å². The summed E-state index contributed by atoms with van der Waals surface area (Å²) >= 11 is 0. The Bertz CT molecular complexity index is 1360. The van der Waals surface area contributed by atoms with E-state index in [0.717, 1.165) is 22.5 Å². The molecule has 8 heteroatoms. The lowest BCUT2D eigenvalue weighted by atomic mass is 10.1. The van der Waals surface area contributed by atoms with Crippen molar-refractivity contribution in [1.82, 2.24) is 25.2 Å². The van der Waals surface area contributed by atoms with Crippen LogP contribution >= 0.6 is 0 Å². The van der Waals surface area contributed by atoms with E-state index in [2.05, 4.69) is 25.2 Å². The van der Waals surface area contributed by atoms with Gasteiger partial charge < -0.3 is 19.9 Å². The van der Waals surface area contributed by atoms with E-state index >= 15 is 0 Å². The number of rotatable bonds is 9. The van der Waals surface area contributed by atoms with Crippen LogP contribution in [0, 0.1) is 13.8 Å². The zero-order valence-electron chi connectivity index (χ0n) is 20.6. The zero-order chi connectivity index (χ0) is 25.5. The van der Waals surface area contributed by atoms with Crippen LogP contribution in [0.2, 0.25) is 0 Å². The third-order valence-corrected chi connectivity index (χ3v) is 5.93. The molecule has 184 valence electrons. The van der Waals surface area contributed by atoms with Gasteiger partial charge in [0.1, 0.15) is 17.2 Å². The number of benzene rings is 1. The highest BCUT2D eigenvalue weighted by Crippen LogP contribution is 2.23. The predicted molar refractivity (Wildman–Crippen MR) is 137 cm³/mol. The second-order valence-electron chi connectivity index (χ2n) is 8.44. The Morgan fingerprint density at radius 3 is 2.47 bits per heavy atom. The van der Waals surface area contributed by atoms with Crippen molar-refractivity contribution in [3.63, 3.8) is 0 Å². The highest BCUT2D eigenvalue weighted by atomic mass is 16.5. The SMILES string of the molecule is CNC(=O)c1cc(Oc2cccc(CCNC(=O)c3cc(C)n(Cc4ccncc4)c3C)c2)ccn1. The number of ether oxygens (including phenoxy) is 1. The van der Waals surface area contributed by atoms with Crippen molar-refractivity contribution < 1.29 is 14.3 Å². The molecule has 0 aliphatic rings. The standard InChI is InChI=1S/C28H29N5O3/c1-19-15-25(20(2)33(19)18-22-7-11-30-12-8-22)27(34)32-13-9-21-5-4-6-23(16-21)36-24-10-14-31-26(17-24)28(35)29-3/h4-8,10-12,14-17H,9,13,18H2,1-3H3,(H,29,35)(H,32,34). The molecule has 4 aromatic rings. The number of pyridine rings is 2. The summed E-state index contributed by atoms with van der Waals surface area (Å²) in [5, 5.41) is 5.58. The summed E-state index contributed by atoms with van der Waals surface area (Å²) in [6, 6.07) is 16.8. The van der Waals surface area contributed by atoms with E-state index in [4.69, 9.17) is 4.74 Å². The lowest BCUT2D eigenvalue weighted by Crippen LogP contribution is -2.26. The van der Waals surface area contributed by atoms with Crippen LogP contribution in [0.25, 0.3) is 0 Å². The fourth-order valence-electron chi connectivity index (χ4n) is 3.99. The van der Waals surface area contributed by atoms with Gasteiger partial charge in [0.05, 0.1) is 5.56 Å². The number of aromatic nitrogens is 3. The van der Waals surface area contributed by atoms with E-state index in [1.165, 1.54) is 6.20 Å². The molecule has 0 saturated carbocycles. The summed E-state index contributed by atoms with van der Waals surface area (Å²) in [6.45, 7) is 5.17. The molecule has 0 bridgehead atoms. The number of carbonyl (C=O) groups is 2. The van der Waals surface area contributed by atoms with Gasteiger partial charge in [0, 0.05) is 56.2 Å². The molecule has 0 aliphatic carbocycles. The Labute approximate surface area is 210 Å². The average molecular weight is 484 g/mol. The Kier molecular flexibility index (Phi) is 7.75. The lowest BCUT2D eigenvalue weighted by Gasteiger charge is -2.11. The van der Waals surface area contributed by atoms with Crippen LogP contribution in [0.15, 0.2) is 73.2 Å². The van der Waals surface area contributed by atoms with Crippen molar-refractivity contribution >= 4 is 11.8 Å². The smallest absolute Gasteiger partial charge is 0.269 e. The molecule has 0 fully saturated rings. The molecule has 36 heavy (non-hydrogen) atoms. The van der Waals surface area contributed by atoms with E-state index in [1.54, 1.807) is 31.6 Å². The highest BCUT2D eigenvalue weighted by Gasteiger charge is 2.16. The fraction of sp³-hybridized carbons (Fsp3) is 0.214. The number of hydrogen-bond acceptors (Lipinski definition) is 5. The van der Waals surface area contributed by atoms with Gasteiger partial charge in [-0.15, -0.1) is 0 Å². The molecule has 0 unspecified atom stereocenters. The predicted octanol–water partition coefficient (Wildman–Crippen LogP) is 4.07. The quantitative estimate of drug-likeness (QED) is 0.374. The Balaban J connectivity index is 1.35. The second-order valence-corrected chi connectivity index (χ2v) is 8.44. The summed E-state index contributed by atoms with van der Waals surface area (Å²) in [5.41, 5.74) is 5.10. The largest absolute Gasteiger partial charge is 0.457 e. The van der Waals surface area contributed by atoms with Gasteiger partial charge in [-0.2, -0.15) is 0 Å². The van der Waals surface area contributed by atoms with Crippen molar-refractivity contribution in [3.05, 3.63) is 107 Å². The molecular weight excluding hydrogens is 454 g/mol. The van der Waals surface area contributed by atoms with Gasteiger partial charge in [0.2, 0.25) is 0 Å². The number of nitrogens with zero attached hydrogens (tertiary/aromatic N) is 3. The fourth-order valence-corrected chi connectivity index (χ4v) is 3.99. The normalized spacial score (nSPS) is 10.6. The molecule has 1 aromatic carbocycles. The van der Waals surface area contributed by atoms with Crippen LogP contribution in [-0.2, 0) is 13.0 Å². The van der Waals surface area contributed by atoms with Crippen molar-refractivity contribution in [2.24, 2.45) is 0 Å². The van der Waals surface area contributed by atoms with Crippen LogP contribution < -0.4 is 15.4 Å². The van der Waals surface area contributed by atoms with Crippen molar-refractivity contribution in [2.75, 3.05) is 13.6 Å². The van der Waals surface area contributed by atoms with Gasteiger partial charge >= 0.3 is 0 Å². The van der Waals surface area contributed by atoms with E-state index in [-0.39, 0.29) is 17.5 Å². The Morgan fingerprint density at radius 2 is 1.69 bits per heavy atom. The minimum atomic E-state index is -0.275. The van der Waals surface area contributed by atoms with Crippen molar-refractivity contribution in [1.29, 1.82) is 0 Å². The molecule has 0 aliphatic heterocycles. The number of hydrogen-bond donors (Lipinski definition) is 2. The molecule has 0 radical (unpaired) electrons. The van der Waals surface area contributed by atoms with Crippen LogP contribution in [0.5, 0.6) is 11.5 Å². The van der Waals surface area contributed by atoms with E-state index in [0.29, 0.717) is 36.6 Å². The van der Waals surface area contributed by atoms with Gasteiger partial charge in [-0.3, -0.25) is 19.6 Å². The van der Waals surface area contributed by atoms with Gasteiger partial charge in [-0.25, -0.2) is 0 Å². The molecule has 3 aromatic heterocycles. The van der Waals surface area contributed by atoms with Crippen LogP contribution in [-0.4, -0.2) is 39.9 Å². The molecular formula is C28H29N5O3. The first-order valence-corrected chi connectivity index (χ1v) is 11.7. The second kappa shape index (κ2) is 11.3. The van der Waals surface area contributed by atoms with Gasteiger partial charge in [-0.1, -0.05) is 12.1 Å². The third kappa shape index (κ3) is 5.96. The van der Waals surface area contributed by atoms with Crippen LogP contribution in [0.1, 0.15) is 43.4 Å². The third-order valence-electron chi connectivity index (χ3n) is 5.93. The van der Waals surface area contributed by atoms with E-state index in [1.807, 2.05) is 56.3 Å². The Morgan fingerprint density at radius 1 is 0.917 bits per heavy atom. The monoisotopic (exact) mass is 483 g/mol. The number of nitrogens with one attached hydrogen (secondary N) is 2. The average Bonchev–Trinajstić information content (AvgIpc) is 3.17. The molecule has 0 saturated heterocycles. The van der Waals surface area contributed by atoms with Crippen molar-refractivity contribution in [3.8, 4) is 11.5 Å². The summed E-state index contributed by atoms with van der Waals surface area (Å²) in [6.07, 6.45) is 5.73. The Hall–Kier alpha value is -4.46. The molecule has 2 amide bonds. The summed E-state index contributed by atoms with van der Waals surface area (Å²) in [4.78, 5) is 32.8. The maximum Gasteiger partial charge on any atom is 0.269 e. The molecule has 4 rings (SSSR count). The zero-order valence-corrected chi connectivity index (χ0v) is 20.6. The summed E-state index contributed by atoms with van der Waals surface area (Å²) in [7, 11) is 1.56. The molecule has 3 heterocycles. The maximum absolute atomic E-state index is 12.9. The van der Waals surface area contributed by atoms with E-state index < -0.39 is 0 Å². The van der Waals surface area contributed by atoms with Gasteiger partial charge in [0.15, 0.2) is 0 Å². The number of carbonyl (C=O) groups excluding carboxylic acids is 2. The summed E-state index contributed by atoms with van der Waals surface area (Å²) < 4.78 is 8.06. The molecule has 8 nitrogen and oxygen atoms in total. The lowest BCUT2D eigenvalue weighted by molar-refractivity contribution is 0.0947. The van der Waals surface area contributed by atoms with Gasteiger partial charge in [0.25, 0.3) is 11.8 Å².